The number of para-hydroxylation sites is 2. The predicted octanol–water partition coefficient (Wildman–Crippen LogP) is 3.81. The molecule has 0 saturated heterocycles. The van der Waals surface area contributed by atoms with Gasteiger partial charge in [0.1, 0.15) is 36.9 Å². The van der Waals surface area contributed by atoms with Crippen LogP contribution in [0.3, 0.4) is 0 Å². The van der Waals surface area contributed by atoms with Crippen LogP contribution in [0.1, 0.15) is 28.4 Å². The first-order chi connectivity index (χ1) is 17.3. The molecule has 0 fully saturated rings. The van der Waals surface area contributed by atoms with Crippen molar-refractivity contribution in [2.24, 2.45) is 0 Å². The van der Waals surface area contributed by atoms with E-state index in [1.807, 2.05) is 84.6 Å². The van der Waals surface area contributed by atoms with Crippen LogP contribution in [-0.2, 0) is 6.42 Å². The Morgan fingerprint density at radius 1 is 0.833 bits per heavy atom. The molecule has 0 saturated carbocycles. The number of hydrogen-bond acceptors (Lipinski definition) is 6. The van der Waals surface area contributed by atoms with Crippen molar-refractivity contribution in [3.8, 4) is 11.5 Å². The molecule has 3 rings (SSSR count). The van der Waals surface area contributed by atoms with Crippen LogP contribution < -0.4 is 9.47 Å². The van der Waals surface area contributed by atoms with Crippen LogP contribution in [0.15, 0.2) is 78.9 Å². The SMILES string of the molecule is Cc1cc(C[C@@H](C)N(CC(O)COc2ccccc2)CC(O)COc2ccccc2)ccc1C(=O)O. The van der Waals surface area contributed by atoms with Crippen molar-refractivity contribution in [3.63, 3.8) is 0 Å². The quantitative estimate of drug-likeness (QED) is 0.314. The van der Waals surface area contributed by atoms with Crippen molar-refractivity contribution >= 4 is 5.97 Å². The monoisotopic (exact) mass is 493 g/mol. The summed E-state index contributed by atoms with van der Waals surface area (Å²) in [5.41, 5.74) is 1.97. The Morgan fingerprint density at radius 3 is 1.78 bits per heavy atom. The first-order valence-corrected chi connectivity index (χ1v) is 12.1. The van der Waals surface area contributed by atoms with Crippen LogP contribution >= 0.6 is 0 Å². The van der Waals surface area contributed by atoms with Crippen molar-refractivity contribution in [3.05, 3.63) is 95.6 Å². The summed E-state index contributed by atoms with van der Waals surface area (Å²) in [6.07, 6.45) is -0.920. The van der Waals surface area contributed by atoms with Crippen molar-refractivity contribution in [2.75, 3.05) is 26.3 Å². The Balaban J connectivity index is 1.64. The highest BCUT2D eigenvalue weighted by Gasteiger charge is 2.22. The smallest absolute Gasteiger partial charge is 0.335 e. The molecule has 0 heterocycles. The number of carboxylic acid groups (broad SMARTS) is 1. The molecule has 7 heteroatoms. The zero-order valence-corrected chi connectivity index (χ0v) is 20.8. The minimum atomic E-state index is -0.947. The van der Waals surface area contributed by atoms with Crippen LogP contribution in [0.4, 0.5) is 0 Å². The topological polar surface area (TPSA) is 99.5 Å². The highest BCUT2D eigenvalue weighted by Crippen LogP contribution is 2.17. The van der Waals surface area contributed by atoms with E-state index in [2.05, 4.69) is 0 Å². The van der Waals surface area contributed by atoms with E-state index in [1.165, 1.54) is 0 Å². The highest BCUT2D eigenvalue weighted by molar-refractivity contribution is 5.89. The number of nitrogens with zero attached hydrogens (tertiary/aromatic N) is 1. The lowest BCUT2D eigenvalue weighted by Crippen LogP contribution is -2.46. The van der Waals surface area contributed by atoms with E-state index in [1.54, 1.807) is 13.0 Å². The summed E-state index contributed by atoms with van der Waals surface area (Å²) < 4.78 is 11.4. The van der Waals surface area contributed by atoms with Crippen LogP contribution in [0, 0.1) is 6.92 Å². The molecular weight excluding hydrogens is 458 g/mol. The maximum absolute atomic E-state index is 11.3. The third-order valence-corrected chi connectivity index (χ3v) is 5.94. The molecule has 0 aliphatic carbocycles. The lowest BCUT2D eigenvalue weighted by Gasteiger charge is -2.33. The first kappa shape index (κ1) is 27.2. The molecular formula is C29H35NO6. The van der Waals surface area contributed by atoms with Crippen molar-refractivity contribution in [1.29, 1.82) is 0 Å². The molecule has 0 amide bonds. The van der Waals surface area contributed by atoms with E-state index in [0.29, 0.717) is 36.6 Å². The number of carboxylic acids is 1. The molecule has 36 heavy (non-hydrogen) atoms. The number of hydrogen-bond donors (Lipinski definition) is 3. The van der Waals surface area contributed by atoms with Crippen LogP contribution in [-0.4, -0.2) is 70.7 Å². The fourth-order valence-electron chi connectivity index (χ4n) is 4.06. The molecule has 0 radical (unpaired) electrons. The van der Waals surface area contributed by atoms with E-state index in [9.17, 15) is 20.1 Å². The molecule has 3 N–H and O–H groups in total. The second kappa shape index (κ2) is 13.6. The lowest BCUT2D eigenvalue weighted by molar-refractivity contribution is 0.0167. The summed E-state index contributed by atoms with van der Waals surface area (Å²) in [5, 5.41) is 30.7. The van der Waals surface area contributed by atoms with Gasteiger partial charge in [-0.3, -0.25) is 4.90 Å². The van der Waals surface area contributed by atoms with Gasteiger partial charge in [-0.1, -0.05) is 48.5 Å². The second-order valence-electron chi connectivity index (χ2n) is 9.02. The number of aliphatic hydroxyl groups excluding tert-OH is 2. The largest absolute Gasteiger partial charge is 0.491 e. The van der Waals surface area contributed by atoms with Gasteiger partial charge in [0.25, 0.3) is 0 Å². The number of aryl methyl sites for hydroxylation is 1. The van der Waals surface area contributed by atoms with Gasteiger partial charge in [-0.2, -0.15) is 0 Å². The normalized spacial score (nSPS) is 13.7. The summed E-state index contributed by atoms with van der Waals surface area (Å²) in [5.74, 6) is 0.416. The third-order valence-electron chi connectivity index (χ3n) is 5.94. The molecule has 2 unspecified atom stereocenters. The molecule has 0 spiro atoms. The zero-order valence-electron chi connectivity index (χ0n) is 20.8. The Kier molecular flexibility index (Phi) is 10.3. The van der Waals surface area contributed by atoms with E-state index >= 15 is 0 Å². The van der Waals surface area contributed by atoms with Gasteiger partial charge in [0.2, 0.25) is 0 Å². The van der Waals surface area contributed by atoms with Crippen molar-refractivity contribution in [2.45, 2.75) is 38.5 Å². The average Bonchev–Trinajstić information content (AvgIpc) is 2.87. The lowest BCUT2D eigenvalue weighted by atomic mass is 10.00. The number of aliphatic hydroxyl groups is 2. The van der Waals surface area contributed by atoms with Gasteiger partial charge in [-0.15, -0.1) is 0 Å². The fourth-order valence-corrected chi connectivity index (χ4v) is 4.06. The fraction of sp³-hybridized carbons (Fsp3) is 0.345. The summed E-state index contributed by atoms with van der Waals surface area (Å²) in [6.45, 7) is 4.64. The van der Waals surface area contributed by atoms with Gasteiger partial charge >= 0.3 is 5.97 Å². The maximum Gasteiger partial charge on any atom is 0.335 e. The summed E-state index contributed by atoms with van der Waals surface area (Å²) in [4.78, 5) is 13.4. The number of benzene rings is 3. The Bertz CT molecular complexity index is 1020. The third kappa shape index (κ3) is 8.68. The van der Waals surface area contributed by atoms with E-state index < -0.39 is 18.2 Å². The van der Waals surface area contributed by atoms with E-state index in [-0.39, 0.29) is 24.8 Å². The van der Waals surface area contributed by atoms with Crippen LogP contribution in [0.25, 0.3) is 0 Å². The molecule has 0 aliphatic heterocycles. The van der Waals surface area contributed by atoms with Crippen LogP contribution in [0.5, 0.6) is 11.5 Å². The molecule has 3 aromatic rings. The number of rotatable bonds is 14. The molecule has 192 valence electrons. The number of aromatic carboxylic acids is 1. The summed E-state index contributed by atoms with van der Waals surface area (Å²) in [7, 11) is 0. The highest BCUT2D eigenvalue weighted by atomic mass is 16.5. The zero-order chi connectivity index (χ0) is 25.9. The summed E-state index contributed by atoms with van der Waals surface area (Å²) in [6, 6.07) is 23.9. The van der Waals surface area contributed by atoms with Gasteiger partial charge in [0.05, 0.1) is 5.56 Å². The molecule has 0 aliphatic rings. The molecule has 0 aromatic heterocycles. The molecule has 0 bridgehead atoms. The van der Waals surface area contributed by atoms with Gasteiger partial charge < -0.3 is 24.8 Å². The molecule has 3 aromatic carbocycles. The summed E-state index contributed by atoms with van der Waals surface area (Å²) >= 11 is 0. The van der Waals surface area contributed by atoms with Crippen molar-refractivity contribution in [1.82, 2.24) is 4.90 Å². The minimum Gasteiger partial charge on any atom is -0.491 e. The average molecular weight is 494 g/mol. The van der Waals surface area contributed by atoms with Crippen molar-refractivity contribution < 1.29 is 29.6 Å². The second-order valence-corrected chi connectivity index (χ2v) is 9.02. The minimum absolute atomic E-state index is 0.0437. The predicted molar refractivity (Wildman–Crippen MR) is 139 cm³/mol. The van der Waals surface area contributed by atoms with Gasteiger partial charge in [-0.25, -0.2) is 4.79 Å². The standard InChI is InChI=1S/C29H35NO6/c1-21-15-23(13-14-28(21)29(33)34)16-22(2)30(17-24(31)19-35-26-9-5-3-6-10-26)18-25(32)20-36-27-11-7-4-8-12-27/h3-15,22,24-25,31-32H,16-20H2,1-2H3,(H,33,34)/t22-,24?,25?/m1/s1. The van der Waals surface area contributed by atoms with Gasteiger partial charge in [-0.05, 0) is 61.7 Å². The first-order valence-electron chi connectivity index (χ1n) is 12.1. The number of ether oxygens (including phenoxy) is 2. The maximum atomic E-state index is 11.3. The van der Waals surface area contributed by atoms with Gasteiger partial charge in [0.15, 0.2) is 0 Å². The van der Waals surface area contributed by atoms with E-state index in [4.69, 9.17) is 9.47 Å². The van der Waals surface area contributed by atoms with E-state index in [0.717, 1.165) is 5.56 Å². The number of carbonyl (C=O) groups is 1. The Hall–Kier alpha value is -3.39. The molecule has 7 nitrogen and oxygen atoms in total. The Morgan fingerprint density at radius 2 is 1.33 bits per heavy atom. The Labute approximate surface area is 212 Å². The molecule has 3 atom stereocenters. The van der Waals surface area contributed by atoms with Crippen LogP contribution in [0.2, 0.25) is 0 Å². The van der Waals surface area contributed by atoms with Gasteiger partial charge in [0, 0.05) is 19.1 Å².